The lowest BCUT2D eigenvalue weighted by atomic mass is 10.0. The van der Waals surface area contributed by atoms with Crippen LogP contribution < -0.4 is 0 Å². The van der Waals surface area contributed by atoms with Crippen LogP contribution in [0.4, 0.5) is 0 Å². The summed E-state index contributed by atoms with van der Waals surface area (Å²) in [6.45, 7) is 3.04. The molecule has 0 unspecified atom stereocenters. The van der Waals surface area contributed by atoms with Gasteiger partial charge in [0.1, 0.15) is 0 Å². The summed E-state index contributed by atoms with van der Waals surface area (Å²) < 4.78 is 0. The molecule has 1 aromatic carbocycles. The van der Waals surface area contributed by atoms with Crippen molar-refractivity contribution in [3.05, 3.63) is 53.9 Å². The normalized spacial score (nSPS) is 10.8. The summed E-state index contributed by atoms with van der Waals surface area (Å²) in [7, 11) is 4.16. The zero-order valence-corrected chi connectivity index (χ0v) is 10.6. The Hall–Kier alpha value is -1.67. The summed E-state index contributed by atoms with van der Waals surface area (Å²) in [5, 5.41) is 0. The van der Waals surface area contributed by atoms with Crippen LogP contribution in [0.25, 0.3) is 11.1 Å². The topological polar surface area (TPSA) is 16.1 Å². The number of nitrogens with zero attached hydrogens (tertiary/aromatic N) is 2. The third-order valence-corrected chi connectivity index (χ3v) is 2.66. The Bertz CT molecular complexity index is 487. The first-order chi connectivity index (χ1) is 8.15. The maximum atomic E-state index is 4.22. The Morgan fingerprint density at radius 1 is 1.00 bits per heavy atom. The Morgan fingerprint density at radius 3 is 2.29 bits per heavy atom. The Balaban J connectivity index is 2.23. The largest absolute Gasteiger partial charge is 0.305 e. The van der Waals surface area contributed by atoms with Crippen LogP contribution in [-0.2, 0) is 6.54 Å². The molecule has 0 aliphatic rings. The molecular formula is C15H18N2. The molecule has 2 rings (SSSR count). The molecule has 0 amide bonds. The fraction of sp³-hybridized carbons (Fsp3) is 0.267. The van der Waals surface area contributed by atoms with Crippen LogP contribution in [0.1, 0.15) is 11.1 Å². The minimum Gasteiger partial charge on any atom is -0.305 e. The predicted octanol–water partition coefficient (Wildman–Crippen LogP) is 3.12. The highest BCUT2D eigenvalue weighted by molar-refractivity contribution is 5.63. The van der Waals surface area contributed by atoms with Crippen molar-refractivity contribution >= 4 is 0 Å². The molecule has 0 saturated heterocycles. The number of rotatable bonds is 3. The number of hydrogen-bond acceptors (Lipinski definition) is 2. The van der Waals surface area contributed by atoms with Crippen molar-refractivity contribution in [2.45, 2.75) is 13.5 Å². The number of aromatic nitrogens is 1. The molecule has 2 nitrogen and oxygen atoms in total. The van der Waals surface area contributed by atoms with Gasteiger partial charge in [0.2, 0.25) is 0 Å². The molecular weight excluding hydrogens is 208 g/mol. The van der Waals surface area contributed by atoms with Crippen molar-refractivity contribution in [3.63, 3.8) is 0 Å². The molecule has 0 spiro atoms. The average Bonchev–Trinajstić information content (AvgIpc) is 2.29. The van der Waals surface area contributed by atoms with Crippen molar-refractivity contribution in [2.75, 3.05) is 14.1 Å². The van der Waals surface area contributed by atoms with Crippen molar-refractivity contribution < 1.29 is 0 Å². The Kier molecular flexibility index (Phi) is 3.55. The van der Waals surface area contributed by atoms with Gasteiger partial charge in [-0.15, -0.1) is 0 Å². The van der Waals surface area contributed by atoms with Gasteiger partial charge in [0, 0.05) is 24.5 Å². The van der Waals surface area contributed by atoms with E-state index in [2.05, 4.69) is 61.2 Å². The highest BCUT2D eigenvalue weighted by Crippen LogP contribution is 2.20. The number of aryl methyl sites for hydroxylation is 1. The summed E-state index contributed by atoms with van der Waals surface area (Å²) in [6, 6.07) is 10.8. The number of benzene rings is 1. The zero-order valence-electron chi connectivity index (χ0n) is 10.6. The minimum atomic E-state index is 0.979. The van der Waals surface area contributed by atoms with Crippen molar-refractivity contribution in [2.24, 2.45) is 0 Å². The highest BCUT2D eigenvalue weighted by Gasteiger charge is 1.99. The molecule has 0 bridgehead atoms. The first kappa shape index (κ1) is 11.8. The lowest BCUT2D eigenvalue weighted by Gasteiger charge is -2.10. The highest BCUT2D eigenvalue weighted by atomic mass is 15.0. The van der Waals surface area contributed by atoms with Crippen LogP contribution >= 0.6 is 0 Å². The standard InChI is InChI=1S/C15H18N2/c1-12-8-15(10-16-9-12)14-6-4-13(5-7-14)11-17(2)3/h4-10H,11H2,1-3H3. The van der Waals surface area contributed by atoms with Crippen LogP contribution in [0, 0.1) is 6.92 Å². The Labute approximate surface area is 103 Å². The molecule has 0 atom stereocenters. The van der Waals surface area contributed by atoms with Crippen molar-refractivity contribution in [1.29, 1.82) is 0 Å². The monoisotopic (exact) mass is 226 g/mol. The smallest absolute Gasteiger partial charge is 0.0346 e. The molecule has 0 aliphatic carbocycles. The molecule has 1 aromatic heterocycles. The van der Waals surface area contributed by atoms with Crippen LogP contribution in [0.3, 0.4) is 0 Å². The number of hydrogen-bond donors (Lipinski definition) is 0. The fourth-order valence-electron chi connectivity index (χ4n) is 1.88. The van der Waals surface area contributed by atoms with Crippen LogP contribution in [-0.4, -0.2) is 24.0 Å². The van der Waals surface area contributed by atoms with E-state index < -0.39 is 0 Å². The quantitative estimate of drug-likeness (QED) is 0.799. The summed E-state index contributed by atoms with van der Waals surface area (Å²) in [6.07, 6.45) is 3.79. The van der Waals surface area contributed by atoms with Gasteiger partial charge >= 0.3 is 0 Å². The van der Waals surface area contributed by atoms with Gasteiger partial charge < -0.3 is 4.90 Å². The molecule has 0 aliphatic heterocycles. The summed E-state index contributed by atoms with van der Waals surface area (Å²) in [4.78, 5) is 6.39. The van der Waals surface area contributed by atoms with E-state index in [-0.39, 0.29) is 0 Å². The zero-order chi connectivity index (χ0) is 12.3. The van der Waals surface area contributed by atoms with Crippen LogP contribution in [0.5, 0.6) is 0 Å². The maximum Gasteiger partial charge on any atom is 0.0346 e. The number of pyridine rings is 1. The van der Waals surface area contributed by atoms with Gasteiger partial charge in [-0.25, -0.2) is 0 Å². The molecule has 1 heterocycles. The van der Waals surface area contributed by atoms with Gasteiger partial charge in [0.05, 0.1) is 0 Å². The second-order valence-electron chi connectivity index (χ2n) is 4.69. The molecule has 0 saturated carbocycles. The first-order valence-corrected chi connectivity index (χ1v) is 5.81. The molecule has 2 aromatic rings. The lowest BCUT2D eigenvalue weighted by Crippen LogP contribution is -2.10. The molecule has 0 fully saturated rings. The van der Waals surface area contributed by atoms with Gasteiger partial charge in [-0.05, 0) is 43.8 Å². The van der Waals surface area contributed by atoms with E-state index in [0.29, 0.717) is 0 Å². The van der Waals surface area contributed by atoms with Crippen LogP contribution in [0.2, 0.25) is 0 Å². The van der Waals surface area contributed by atoms with Gasteiger partial charge in [0.25, 0.3) is 0 Å². The molecule has 88 valence electrons. The fourth-order valence-corrected chi connectivity index (χ4v) is 1.88. The summed E-state index contributed by atoms with van der Waals surface area (Å²) >= 11 is 0. The molecule has 0 radical (unpaired) electrons. The van der Waals surface area contributed by atoms with Crippen LogP contribution in [0.15, 0.2) is 42.7 Å². The molecule has 2 heteroatoms. The molecule has 17 heavy (non-hydrogen) atoms. The SMILES string of the molecule is Cc1cncc(-c2ccc(CN(C)C)cc2)c1. The van der Waals surface area contributed by atoms with Gasteiger partial charge in [-0.1, -0.05) is 24.3 Å². The summed E-state index contributed by atoms with van der Waals surface area (Å²) in [5.74, 6) is 0. The van der Waals surface area contributed by atoms with Crippen molar-refractivity contribution in [1.82, 2.24) is 9.88 Å². The van der Waals surface area contributed by atoms with E-state index in [1.807, 2.05) is 12.4 Å². The second kappa shape index (κ2) is 5.11. The second-order valence-corrected chi connectivity index (χ2v) is 4.69. The van der Waals surface area contributed by atoms with Gasteiger partial charge in [-0.3, -0.25) is 4.98 Å². The predicted molar refractivity (Wildman–Crippen MR) is 71.8 cm³/mol. The average molecular weight is 226 g/mol. The first-order valence-electron chi connectivity index (χ1n) is 5.81. The van der Waals surface area contributed by atoms with E-state index in [4.69, 9.17) is 0 Å². The third kappa shape index (κ3) is 3.14. The maximum absolute atomic E-state index is 4.22. The van der Waals surface area contributed by atoms with E-state index in [0.717, 1.165) is 6.54 Å². The van der Waals surface area contributed by atoms with Crippen molar-refractivity contribution in [3.8, 4) is 11.1 Å². The Morgan fingerprint density at radius 2 is 1.71 bits per heavy atom. The van der Waals surface area contributed by atoms with E-state index >= 15 is 0 Å². The van der Waals surface area contributed by atoms with E-state index in [1.165, 1.54) is 22.3 Å². The minimum absolute atomic E-state index is 0.979. The lowest BCUT2D eigenvalue weighted by molar-refractivity contribution is 0.402. The van der Waals surface area contributed by atoms with E-state index in [1.54, 1.807) is 0 Å². The van der Waals surface area contributed by atoms with Gasteiger partial charge in [0.15, 0.2) is 0 Å². The summed E-state index contributed by atoms with van der Waals surface area (Å²) in [5.41, 5.74) is 4.93. The third-order valence-electron chi connectivity index (χ3n) is 2.66. The van der Waals surface area contributed by atoms with Gasteiger partial charge in [-0.2, -0.15) is 0 Å². The van der Waals surface area contributed by atoms with E-state index in [9.17, 15) is 0 Å². The molecule has 0 N–H and O–H groups in total.